The van der Waals surface area contributed by atoms with E-state index in [-0.39, 0.29) is 0 Å². The van der Waals surface area contributed by atoms with Crippen LogP contribution in [0.4, 0.5) is 0 Å². The fourth-order valence-corrected chi connectivity index (χ4v) is 0.613. The third-order valence-electron chi connectivity index (χ3n) is 1.38. The molecular formula is C9H16N2. The van der Waals surface area contributed by atoms with Crippen LogP contribution in [-0.4, -0.2) is 13.3 Å². The lowest BCUT2D eigenvalue weighted by Gasteiger charge is -2.01. The Kier molecular flexibility index (Phi) is 5.17. The van der Waals surface area contributed by atoms with Crippen LogP contribution >= 0.6 is 0 Å². The highest BCUT2D eigenvalue weighted by molar-refractivity contribution is 5.78. The number of rotatable bonds is 3. The minimum atomic E-state index is 1.13. The topological polar surface area (TPSA) is 24.4 Å². The normalized spacial score (nSPS) is 14.2. The first kappa shape index (κ1) is 9.95. The van der Waals surface area contributed by atoms with E-state index >= 15 is 0 Å². The Hall–Kier alpha value is -1.05. The third kappa shape index (κ3) is 4.37. The number of nitrogens with zero attached hydrogens (tertiary/aromatic N) is 1. The summed E-state index contributed by atoms with van der Waals surface area (Å²) in [4.78, 5) is 3.92. The summed E-state index contributed by atoms with van der Waals surface area (Å²) in [7, 11) is 1.77. The van der Waals surface area contributed by atoms with Crippen molar-refractivity contribution in [1.29, 1.82) is 0 Å². The maximum Gasteiger partial charge on any atom is 0.0277 e. The Bertz CT molecular complexity index is 188. The number of nitrogens with one attached hydrogen (secondary N) is 1. The van der Waals surface area contributed by atoms with E-state index in [1.807, 2.05) is 39.3 Å². The van der Waals surface area contributed by atoms with Crippen molar-refractivity contribution in [2.75, 3.05) is 7.05 Å². The van der Waals surface area contributed by atoms with Gasteiger partial charge in [-0.1, -0.05) is 6.08 Å². The molecule has 0 rings (SSSR count). The van der Waals surface area contributed by atoms with E-state index in [4.69, 9.17) is 0 Å². The second kappa shape index (κ2) is 5.71. The molecule has 2 nitrogen and oxygen atoms in total. The van der Waals surface area contributed by atoms with Crippen LogP contribution in [0.25, 0.3) is 0 Å². The van der Waals surface area contributed by atoms with Crippen molar-refractivity contribution in [3.8, 4) is 0 Å². The summed E-state index contributed by atoms with van der Waals surface area (Å²) in [6, 6.07) is 0. The molecule has 0 atom stereocenters. The second-order valence-corrected chi connectivity index (χ2v) is 2.34. The molecule has 1 N–H and O–H groups in total. The minimum absolute atomic E-state index is 1.13. The van der Waals surface area contributed by atoms with E-state index < -0.39 is 0 Å². The van der Waals surface area contributed by atoms with Gasteiger partial charge in [-0.3, -0.25) is 4.99 Å². The van der Waals surface area contributed by atoms with Crippen LogP contribution in [0.3, 0.4) is 0 Å². The van der Waals surface area contributed by atoms with Gasteiger partial charge in [-0.15, -0.1) is 0 Å². The van der Waals surface area contributed by atoms with Gasteiger partial charge in [0.1, 0.15) is 0 Å². The molecule has 62 valence electrons. The van der Waals surface area contributed by atoms with Gasteiger partial charge >= 0.3 is 0 Å². The van der Waals surface area contributed by atoms with E-state index in [0.29, 0.717) is 0 Å². The first-order chi connectivity index (χ1) is 5.22. The van der Waals surface area contributed by atoms with Gasteiger partial charge in [-0.05, 0) is 32.5 Å². The molecular weight excluding hydrogens is 136 g/mol. The predicted octanol–water partition coefficient (Wildman–Crippen LogP) is 2.10. The Morgan fingerprint density at radius 2 is 2.00 bits per heavy atom. The standard InChI is InChI=1S/C9H16N2/c1-5-6-11-9(3)8(2)7-10-4/h5-7,11H,1-4H3/b6-5+,9-8?,10-7?. The Balaban J connectivity index is 4.15. The maximum absolute atomic E-state index is 3.92. The van der Waals surface area contributed by atoms with Crippen LogP contribution in [0.15, 0.2) is 28.5 Å². The number of aliphatic imine (C=N–C) groups is 1. The second-order valence-electron chi connectivity index (χ2n) is 2.34. The molecule has 0 unspecified atom stereocenters. The van der Waals surface area contributed by atoms with Crippen molar-refractivity contribution in [2.24, 2.45) is 4.99 Å². The average Bonchev–Trinajstić information content (AvgIpc) is 2.00. The molecule has 0 saturated carbocycles. The van der Waals surface area contributed by atoms with Crippen LogP contribution in [0.1, 0.15) is 20.8 Å². The summed E-state index contributed by atoms with van der Waals surface area (Å²) in [5.41, 5.74) is 2.29. The summed E-state index contributed by atoms with van der Waals surface area (Å²) in [6.07, 6.45) is 5.70. The van der Waals surface area contributed by atoms with E-state index in [2.05, 4.69) is 10.3 Å². The van der Waals surface area contributed by atoms with Crippen LogP contribution < -0.4 is 5.32 Å². The van der Waals surface area contributed by atoms with Crippen molar-refractivity contribution in [1.82, 2.24) is 5.32 Å². The van der Waals surface area contributed by atoms with Gasteiger partial charge in [0.05, 0.1) is 0 Å². The number of hydrogen-bond acceptors (Lipinski definition) is 2. The smallest absolute Gasteiger partial charge is 0.0277 e. The Morgan fingerprint density at radius 3 is 2.45 bits per heavy atom. The fourth-order valence-electron chi connectivity index (χ4n) is 0.613. The van der Waals surface area contributed by atoms with Crippen LogP contribution in [-0.2, 0) is 0 Å². The van der Waals surface area contributed by atoms with E-state index in [1.165, 1.54) is 0 Å². The Labute approximate surface area is 68.7 Å². The van der Waals surface area contributed by atoms with E-state index in [0.717, 1.165) is 11.3 Å². The molecule has 0 aliphatic rings. The average molecular weight is 152 g/mol. The van der Waals surface area contributed by atoms with Gasteiger partial charge in [0.2, 0.25) is 0 Å². The van der Waals surface area contributed by atoms with Crippen molar-refractivity contribution in [2.45, 2.75) is 20.8 Å². The summed E-state index contributed by atoms with van der Waals surface area (Å²) in [6.45, 7) is 6.03. The highest BCUT2D eigenvalue weighted by Gasteiger charge is 1.88. The lowest BCUT2D eigenvalue weighted by molar-refractivity contribution is 1.04. The lowest BCUT2D eigenvalue weighted by Crippen LogP contribution is -2.03. The number of allylic oxidation sites excluding steroid dienone is 3. The van der Waals surface area contributed by atoms with Crippen molar-refractivity contribution in [3.05, 3.63) is 23.5 Å². The molecule has 0 aliphatic heterocycles. The predicted molar refractivity (Wildman–Crippen MR) is 50.7 cm³/mol. The lowest BCUT2D eigenvalue weighted by atomic mass is 10.2. The molecule has 0 spiro atoms. The summed E-state index contributed by atoms with van der Waals surface area (Å²) < 4.78 is 0. The molecule has 0 aromatic rings. The zero-order valence-electron chi connectivity index (χ0n) is 7.68. The fraction of sp³-hybridized carbons (Fsp3) is 0.444. The van der Waals surface area contributed by atoms with Crippen molar-refractivity contribution >= 4 is 6.21 Å². The molecule has 0 heterocycles. The van der Waals surface area contributed by atoms with Crippen LogP contribution in [0.2, 0.25) is 0 Å². The van der Waals surface area contributed by atoms with Gasteiger partial charge < -0.3 is 5.32 Å². The molecule has 0 amide bonds. The zero-order valence-corrected chi connectivity index (χ0v) is 7.68. The summed E-state index contributed by atoms with van der Waals surface area (Å²) >= 11 is 0. The molecule has 0 aliphatic carbocycles. The largest absolute Gasteiger partial charge is 0.365 e. The summed E-state index contributed by atoms with van der Waals surface area (Å²) in [5, 5.41) is 3.12. The Morgan fingerprint density at radius 1 is 1.36 bits per heavy atom. The minimum Gasteiger partial charge on any atom is -0.365 e. The summed E-state index contributed by atoms with van der Waals surface area (Å²) in [5.74, 6) is 0. The molecule has 0 fully saturated rings. The molecule has 0 aromatic heterocycles. The number of hydrogen-bond donors (Lipinski definition) is 1. The van der Waals surface area contributed by atoms with Gasteiger partial charge in [0.25, 0.3) is 0 Å². The van der Waals surface area contributed by atoms with Gasteiger partial charge in [-0.25, -0.2) is 0 Å². The van der Waals surface area contributed by atoms with E-state index in [9.17, 15) is 0 Å². The van der Waals surface area contributed by atoms with Gasteiger partial charge in [0.15, 0.2) is 0 Å². The van der Waals surface area contributed by atoms with Crippen molar-refractivity contribution < 1.29 is 0 Å². The molecule has 0 saturated heterocycles. The van der Waals surface area contributed by atoms with Crippen LogP contribution in [0, 0.1) is 0 Å². The molecule has 0 bridgehead atoms. The monoisotopic (exact) mass is 152 g/mol. The highest BCUT2D eigenvalue weighted by atomic mass is 14.8. The first-order valence-corrected chi connectivity index (χ1v) is 3.69. The van der Waals surface area contributed by atoms with E-state index in [1.54, 1.807) is 7.05 Å². The highest BCUT2D eigenvalue weighted by Crippen LogP contribution is 1.95. The molecule has 0 radical (unpaired) electrons. The van der Waals surface area contributed by atoms with Gasteiger partial charge in [-0.2, -0.15) is 0 Å². The van der Waals surface area contributed by atoms with Crippen molar-refractivity contribution in [3.63, 3.8) is 0 Å². The van der Waals surface area contributed by atoms with Gasteiger partial charge in [0, 0.05) is 19.0 Å². The van der Waals surface area contributed by atoms with Crippen LogP contribution in [0.5, 0.6) is 0 Å². The maximum atomic E-state index is 3.92. The molecule has 2 heteroatoms. The third-order valence-corrected chi connectivity index (χ3v) is 1.38. The molecule has 11 heavy (non-hydrogen) atoms. The first-order valence-electron chi connectivity index (χ1n) is 3.69. The SMILES string of the molecule is C/C=C/NC(C)=C(C)C=NC. The zero-order chi connectivity index (χ0) is 8.69. The quantitative estimate of drug-likeness (QED) is 0.615. The molecule has 0 aromatic carbocycles.